The second-order valence-corrected chi connectivity index (χ2v) is 4.17. The molecule has 0 radical (unpaired) electrons. The van der Waals surface area contributed by atoms with Gasteiger partial charge in [0.25, 0.3) is 6.43 Å². The van der Waals surface area contributed by atoms with E-state index >= 15 is 0 Å². The molecule has 0 amide bonds. The van der Waals surface area contributed by atoms with Crippen LogP contribution in [0.1, 0.15) is 25.1 Å². The minimum absolute atomic E-state index is 0.0116. The standard InChI is InChI=1S/C13H13F2N3O2/c14-11(15)13-17-9-5-2-1-4-8(9)12(18-13)16-7-3-6-10(19)20/h1-2,4-5,11H,3,6-7H2,(H,19,20)(H,16,17,18). The van der Waals surface area contributed by atoms with Crippen molar-refractivity contribution in [2.24, 2.45) is 0 Å². The molecule has 0 unspecified atom stereocenters. The number of hydrogen-bond donors (Lipinski definition) is 2. The van der Waals surface area contributed by atoms with Crippen LogP contribution < -0.4 is 5.32 Å². The van der Waals surface area contributed by atoms with Gasteiger partial charge in [0.15, 0.2) is 5.82 Å². The number of fused-ring (bicyclic) bond motifs is 1. The third-order valence-corrected chi connectivity index (χ3v) is 2.68. The molecule has 2 aromatic rings. The first-order valence-corrected chi connectivity index (χ1v) is 6.08. The first kappa shape index (κ1) is 14.1. The van der Waals surface area contributed by atoms with Crippen LogP contribution in [0.3, 0.4) is 0 Å². The summed E-state index contributed by atoms with van der Waals surface area (Å²) < 4.78 is 25.5. The molecule has 0 aliphatic heterocycles. The number of benzene rings is 1. The van der Waals surface area contributed by atoms with Gasteiger partial charge in [0.1, 0.15) is 5.82 Å². The molecular weight excluding hydrogens is 268 g/mol. The fraction of sp³-hybridized carbons (Fsp3) is 0.308. The van der Waals surface area contributed by atoms with Gasteiger partial charge in [0, 0.05) is 18.4 Å². The highest BCUT2D eigenvalue weighted by Crippen LogP contribution is 2.24. The van der Waals surface area contributed by atoms with Crippen LogP contribution in [0.4, 0.5) is 14.6 Å². The van der Waals surface area contributed by atoms with Crippen LogP contribution in [0.15, 0.2) is 24.3 Å². The number of para-hydroxylation sites is 1. The molecule has 2 rings (SSSR count). The second kappa shape index (κ2) is 6.23. The number of rotatable bonds is 6. The van der Waals surface area contributed by atoms with Crippen molar-refractivity contribution in [2.45, 2.75) is 19.3 Å². The minimum Gasteiger partial charge on any atom is -0.481 e. The molecule has 0 spiro atoms. The van der Waals surface area contributed by atoms with Crippen LogP contribution in [-0.4, -0.2) is 27.6 Å². The number of carboxylic acids is 1. The molecule has 0 fully saturated rings. The van der Waals surface area contributed by atoms with Crippen molar-refractivity contribution >= 4 is 22.7 Å². The van der Waals surface area contributed by atoms with E-state index in [-0.39, 0.29) is 6.42 Å². The number of halogens is 2. The smallest absolute Gasteiger partial charge is 0.303 e. The Labute approximate surface area is 113 Å². The summed E-state index contributed by atoms with van der Waals surface area (Å²) in [6.07, 6.45) is -2.35. The van der Waals surface area contributed by atoms with Gasteiger partial charge in [0.2, 0.25) is 0 Å². The van der Waals surface area contributed by atoms with Gasteiger partial charge in [-0.1, -0.05) is 12.1 Å². The fourth-order valence-electron chi connectivity index (χ4n) is 1.77. The van der Waals surface area contributed by atoms with E-state index in [1.807, 2.05) is 0 Å². The summed E-state index contributed by atoms with van der Waals surface area (Å²) >= 11 is 0. The molecule has 0 saturated heterocycles. The summed E-state index contributed by atoms with van der Waals surface area (Å²) in [7, 11) is 0. The van der Waals surface area contributed by atoms with Crippen LogP contribution in [-0.2, 0) is 4.79 Å². The molecule has 1 aromatic carbocycles. The summed E-state index contributed by atoms with van der Waals surface area (Å²) in [4.78, 5) is 18.0. The summed E-state index contributed by atoms with van der Waals surface area (Å²) in [6, 6.07) is 6.82. The quantitative estimate of drug-likeness (QED) is 0.796. The predicted octanol–water partition coefficient (Wildman–Crippen LogP) is 2.84. The van der Waals surface area contributed by atoms with Gasteiger partial charge >= 0.3 is 5.97 Å². The second-order valence-electron chi connectivity index (χ2n) is 4.17. The van der Waals surface area contributed by atoms with E-state index in [0.717, 1.165) is 0 Å². The van der Waals surface area contributed by atoms with E-state index in [1.165, 1.54) is 0 Å². The number of carbonyl (C=O) groups is 1. The van der Waals surface area contributed by atoms with Crippen molar-refractivity contribution in [1.29, 1.82) is 0 Å². The van der Waals surface area contributed by atoms with Gasteiger partial charge in [-0.05, 0) is 18.6 Å². The Hall–Kier alpha value is -2.31. The Morgan fingerprint density at radius 3 is 2.75 bits per heavy atom. The zero-order valence-electron chi connectivity index (χ0n) is 10.5. The van der Waals surface area contributed by atoms with Crippen molar-refractivity contribution in [1.82, 2.24) is 9.97 Å². The van der Waals surface area contributed by atoms with E-state index in [0.29, 0.717) is 29.7 Å². The Morgan fingerprint density at radius 1 is 1.30 bits per heavy atom. The molecule has 2 N–H and O–H groups in total. The Balaban J connectivity index is 2.23. The summed E-state index contributed by atoms with van der Waals surface area (Å²) in [5, 5.41) is 12.1. The molecule has 7 heteroatoms. The maximum absolute atomic E-state index is 12.7. The normalized spacial score (nSPS) is 10.9. The highest BCUT2D eigenvalue weighted by Gasteiger charge is 2.14. The van der Waals surface area contributed by atoms with Gasteiger partial charge in [-0.3, -0.25) is 4.79 Å². The van der Waals surface area contributed by atoms with Crippen LogP contribution in [0.25, 0.3) is 10.9 Å². The molecule has 1 aromatic heterocycles. The zero-order chi connectivity index (χ0) is 14.5. The molecule has 0 atom stereocenters. The van der Waals surface area contributed by atoms with E-state index in [2.05, 4.69) is 15.3 Å². The maximum Gasteiger partial charge on any atom is 0.303 e. The summed E-state index contributed by atoms with van der Waals surface area (Å²) in [5.74, 6) is -1.13. The lowest BCUT2D eigenvalue weighted by Gasteiger charge is -2.10. The number of nitrogens with zero attached hydrogens (tertiary/aromatic N) is 2. The number of carboxylic acid groups (broad SMARTS) is 1. The lowest BCUT2D eigenvalue weighted by atomic mass is 10.2. The third-order valence-electron chi connectivity index (χ3n) is 2.68. The van der Waals surface area contributed by atoms with Crippen molar-refractivity contribution in [3.8, 4) is 0 Å². The van der Waals surface area contributed by atoms with Crippen molar-refractivity contribution in [3.05, 3.63) is 30.1 Å². The highest BCUT2D eigenvalue weighted by molar-refractivity contribution is 5.89. The molecule has 20 heavy (non-hydrogen) atoms. The van der Waals surface area contributed by atoms with Crippen LogP contribution in [0, 0.1) is 0 Å². The minimum atomic E-state index is -2.75. The number of aromatic nitrogens is 2. The molecule has 5 nitrogen and oxygen atoms in total. The van der Waals surface area contributed by atoms with Gasteiger partial charge in [-0.2, -0.15) is 0 Å². The van der Waals surface area contributed by atoms with Gasteiger partial charge in [-0.15, -0.1) is 0 Å². The van der Waals surface area contributed by atoms with Crippen LogP contribution >= 0.6 is 0 Å². The van der Waals surface area contributed by atoms with Crippen molar-refractivity contribution in [3.63, 3.8) is 0 Å². The van der Waals surface area contributed by atoms with E-state index in [1.54, 1.807) is 24.3 Å². The fourth-order valence-corrected chi connectivity index (χ4v) is 1.77. The molecule has 106 valence electrons. The number of aliphatic carboxylic acids is 1. The largest absolute Gasteiger partial charge is 0.481 e. The topological polar surface area (TPSA) is 75.1 Å². The van der Waals surface area contributed by atoms with Gasteiger partial charge < -0.3 is 10.4 Å². The number of anilines is 1. The monoisotopic (exact) mass is 281 g/mol. The highest BCUT2D eigenvalue weighted by atomic mass is 19.3. The van der Waals surface area contributed by atoms with Crippen molar-refractivity contribution in [2.75, 3.05) is 11.9 Å². The molecule has 1 heterocycles. The van der Waals surface area contributed by atoms with Crippen LogP contribution in [0.5, 0.6) is 0 Å². The Morgan fingerprint density at radius 2 is 2.05 bits per heavy atom. The summed E-state index contributed by atoms with van der Waals surface area (Å²) in [6.45, 7) is 0.343. The average molecular weight is 281 g/mol. The predicted molar refractivity (Wildman–Crippen MR) is 69.9 cm³/mol. The summed E-state index contributed by atoms with van der Waals surface area (Å²) in [5.41, 5.74) is 0.429. The molecular formula is C13H13F2N3O2. The van der Waals surface area contributed by atoms with E-state index in [4.69, 9.17) is 5.11 Å². The maximum atomic E-state index is 12.7. The first-order chi connectivity index (χ1) is 9.58. The lowest BCUT2D eigenvalue weighted by Crippen LogP contribution is -2.08. The Bertz CT molecular complexity index is 620. The number of hydrogen-bond acceptors (Lipinski definition) is 4. The number of nitrogens with one attached hydrogen (secondary N) is 1. The zero-order valence-corrected chi connectivity index (χ0v) is 10.5. The number of alkyl halides is 2. The molecule has 0 aliphatic rings. The van der Waals surface area contributed by atoms with Crippen molar-refractivity contribution < 1.29 is 18.7 Å². The molecule has 0 bridgehead atoms. The lowest BCUT2D eigenvalue weighted by molar-refractivity contribution is -0.137. The first-order valence-electron chi connectivity index (χ1n) is 6.08. The van der Waals surface area contributed by atoms with E-state index < -0.39 is 18.2 Å². The molecule has 0 aliphatic carbocycles. The Kier molecular flexibility index (Phi) is 4.39. The average Bonchev–Trinajstić information content (AvgIpc) is 2.42. The van der Waals surface area contributed by atoms with E-state index in [9.17, 15) is 13.6 Å². The SMILES string of the molecule is O=C(O)CCCNc1nc(C(F)F)nc2ccccc12. The van der Waals surface area contributed by atoms with Crippen LogP contribution in [0.2, 0.25) is 0 Å². The third kappa shape index (κ3) is 3.37. The van der Waals surface area contributed by atoms with Gasteiger partial charge in [0.05, 0.1) is 5.52 Å². The van der Waals surface area contributed by atoms with Gasteiger partial charge in [-0.25, -0.2) is 18.7 Å². The molecule has 0 saturated carbocycles.